The fourth-order valence-electron chi connectivity index (χ4n) is 1.88. The maximum absolute atomic E-state index is 13.4. The van der Waals surface area contributed by atoms with Crippen LogP contribution in [-0.4, -0.2) is 31.0 Å². The minimum Gasteiger partial charge on any atom is -0.481 e. The Morgan fingerprint density at radius 2 is 1.70 bits per heavy atom. The van der Waals surface area contributed by atoms with Gasteiger partial charge in [0.05, 0.1) is 11.1 Å². The number of nitrogens with zero attached hydrogens (tertiary/aromatic N) is 1. The molecule has 0 unspecified atom stereocenters. The maximum atomic E-state index is 13.4. The van der Waals surface area contributed by atoms with Gasteiger partial charge in [-0.15, -0.1) is 0 Å². The van der Waals surface area contributed by atoms with Crippen LogP contribution in [0.15, 0.2) is 48.5 Å². The summed E-state index contributed by atoms with van der Waals surface area (Å²) in [5.41, 5.74) is 3.99. The normalized spacial score (nSPS) is 9.63. The van der Waals surface area contributed by atoms with Crippen molar-refractivity contribution in [2.75, 3.05) is 13.2 Å². The van der Waals surface area contributed by atoms with Gasteiger partial charge in [-0.1, -0.05) is 24.3 Å². The molecule has 2 aromatic rings. The first-order valence-electron chi connectivity index (χ1n) is 7.62. The molecule has 0 heterocycles. The molecule has 0 saturated carbocycles. The van der Waals surface area contributed by atoms with E-state index in [4.69, 9.17) is 10.00 Å². The van der Waals surface area contributed by atoms with E-state index in [1.807, 2.05) is 16.9 Å². The molecule has 2 rings (SSSR count). The first kappa shape index (κ1) is 19.4. The Hall–Kier alpha value is -3.93. The molecule has 0 aliphatic carbocycles. The van der Waals surface area contributed by atoms with E-state index in [1.54, 1.807) is 12.1 Å². The molecule has 0 aromatic heterocycles. The Bertz CT molecular complexity index is 895. The van der Waals surface area contributed by atoms with Crippen LogP contribution in [0.5, 0.6) is 5.75 Å². The van der Waals surface area contributed by atoms with E-state index >= 15 is 0 Å². The third kappa shape index (κ3) is 5.82. The monoisotopic (exact) mass is 371 g/mol. The van der Waals surface area contributed by atoms with Crippen LogP contribution in [0.25, 0.3) is 0 Å². The highest BCUT2D eigenvalue weighted by Crippen LogP contribution is 2.16. The van der Waals surface area contributed by atoms with Gasteiger partial charge in [-0.25, -0.2) is 9.18 Å². The van der Waals surface area contributed by atoms with Gasteiger partial charge < -0.3 is 9.47 Å². The van der Waals surface area contributed by atoms with E-state index in [2.05, 4.69) is 4.74 Å². The van der Waals surface area contributed by atoms with Gasteiger partial charge in [-0.2, -0.15) is 5.26 Å². The van der Waals surface area contributed by atoms with E-state index < -0.39 is 36.8 Å². The van der Waals surface area contributed by atoms with Gasteiger partial charge in [0.25, 0.3) is 11.8 Å². The first-order valence-corrected chi connectivity index (χ1v) is 7.62. The number of amides is 2. The van der Waals surface area contributed by atoms with Crippen LogP contribution >= 0.6 is 0 Å². The third-order valence-corrected chi connectivity index (χ3v) is 3.15. The number of halogens is 1. The van der Waals surface area contributed by atoms with E-state index in [9.17, 15) is 18.8 Å². The summed E-state index contributed by atoms with van der Waals surface area (Å²) >= 11 is 0. The minimum atomic E-state index is -0.857. The molecule has 0 atom stereocenters. The van der Waals surface area contributed by atoms with Gasteiger partial charge in [-0.3, -0.25) is 20.4 Å². The molecule has 0 aliphatic heterocycles. The van der Waals surface area contributed by atoms with Crippen molar-refractivity contribution in [1.29, 1.82) is 5.26 Å². The van der Waals surface area contributed by atoms with Gasteiger partial charge in [-0.05, 0) is 24.3 Å². The van der Waals surface area contributed by atoms with E-state index in [-0.39, 0.29) is 16.9 Å². The number of esters is 1. The highest BCUT2D eigenvalue weighted by atomic mass is 19.1. The SMILES string of the molecule is N#Cc1ccccc1OCC(=O)OCC(=O)NNC(=O)c1ccccc1F. The van der Waals surface area contributed by atoms with Crippen LogP contribution in [0, 0.1) is 17.1 Å². The summed E-state index contributed by atoms with van der Waals surface area (Å²) in [6.07, 6.45) is 0. The van der Waals surface area contributed by atoms with Crippen LogP contribution in [-0.2, 0) is 14.3 Å². The Balaban J connectivity index is 1.72. The van der Waals surface area contributed by atoms with Crippen molar-refractivity contribution < 1.29 is 28.2 Å². The summed E-state index contributed by atoms with van der Waals surface area (Å²) in [4.78, 5) is 34.8. The quantitative estimate of drug-likeness (QED) is 0.580. The minimum absolute atomic E-state index is 0.207. The first-order chi connectivity index (χ1) is 13.0. The summed E-state index contributed by atoms with van der Waals surface area (Å²) in [6.45, 7) is -1.19. The number of nitrogens with one attached hydrogen (secondary N) is 2. The molecule has 2 N–H and O–H groups in total. The average molecular weight is 371 g/mol. The zero-order chi connectivity index (χ0) is 19.6. The highest BCUT2D eigenvalue weighted by molar-refractivity contribution is 5.95. The molecule has 0 aliphatic rings. The summed E-state index contributed by atoms with van der Waals surface area (Å²) in [6, 6.07) is 13.4. The van der Waals surface area contributed by atoms with Gasteiger partial charge in [0.1, 0.15) is 17.6 Å². The van der Waals surface area contributed by atoms with Crippen molar-refractivity contribution >= 4 is 17.8 Å². The number of carbonyl (C=O) groups is 3. The molecule has 2 amide bonds. The molecule has 9 heteroatoms. The van der Waals surface area contributed by atoms with Crippen LogP contribution in [0.4, 0.5) is 4.39 Å². The van der Waals surface area contributed by atoms with Crippen molar-refractivity contribution in [3.8, 4) is 11.8 Å². The second-order valence-corrected chi connectivity index (χ2v) is 5.04. The van der Waals surface area contributed by atoms with Gasteiger partial charge in [0, 0.05) is 0 Å². The lowest BCUT2D eigenvalue weighted by Gasteiger charge is -2.09. The summed E-state index contributed by atoms with van der Waals surface area (Å²) in [5, 5.41) is 8.91. The molecule has 27 heavy (non-hydrogen) atoms. The molecule has 0 bridgehead atoms. The number of para-hydroxylation sites is 1. The Kier molecular flexibility index (Phi) is 6.84. The Morgan fingerprint density at radius 3 is 2.44 bits per heavy atom. The van der Waals surface area contributed by atoms with Crippen molar-refractivity contribution in [2.24, 2.45) is 0 Å². The van der Waals surface area contributed by atoms with Gasteiger partial charge >= 0.3 is 5.97 Å². The van der Waals surface area contributed by atoms with E-state index in [0.29, 0.717) is 0 Å². The number of hydrogen-bond acceptors (Lipinski definition) is 6. The van der Waals surface area contributed by atoms with Crippen LogP contribution in [0.3, 0.4) is 0 Å². The lowest BCUT2D eigenvalue weighted by Crippen LogP contribution is -2.44. The molecule has 0 spiro atoms. The number of nitriles is 1. The Labute approximate surface area is 153 Å². The standard InChI is InChI=1S/C18H14FN3O5/c19-14-7-3-2-6-13(14)18(25)22-21-16(23)10-27-17(24)11-26-15-8-4-1-5-12(15)9-20/h1-8H,10-11H2,(H,21,23)(H,22,25). The third-order valence-electron chi connectivity index (χ3n) is 3.15. The zero-order valence-electron chi connectivity index (χ0n) is 13.9. The second-order valence-electron chi connectivity index (χ2n) is 5.04. The molecule has 138 valence electrons. The largest absolute Gasteiger partial charge is 0.481 e. The van der Waals surface area contributed by atoms with E-state index in [0.717, 1.165) is 6.07 Å². The zero-order valence-corrected chi connectivity index (χ0v) is 13.9. The molecule has 0 radical (unpaired) electrons. The number of ether oxygens (including phenoxy) is 2. The number of rotatable bonds is 6. The molecule has 2 aromatic carbocycles. The van der Waals surface area contributed by atoms with Gasteiger partial charge in [0.15, 0.2) is 13.2 Å². The van der Waals surface area contributed by atoms with Crippen molar-refractivity contribution in [3.63, 3.8) is 0 Å². The average Bonchev–Trinajstić information content (AvgIpc) is 2.69. The number of hydrogen-bond donors (Lipinski definition) is 2. The number of carbonyl (C=O) groups excluding carboxylic acids is 3. The molecular formula is C18H14FN3O5. The van der Waals surface area contributed by atoms with Gasteiger partial charge in [0.2, 0.25) is 0 Å². The molecular weight excluding hydrogens is 357 g/mol. The molecule has 0 fully saturated rings. The second kappa shape index (κ2) is 9.53. The number of hydrazine groups is 1. The van der Waals surface area contributed by atoms with Crippen LogP contribution < -0.4 is 15.6 Å². The summed E-state index contributed by atoms with van der Waals surface area (Å²) in [7, 11) is 0. The Morgan fingerprint density at radius 1 is 1.00 bits per heavy atom. The fourth-order valence-corrected chi connectivity index (χ4v) is 1.88. The van der Waals surface area contributed by atoms with Crippen molar-refractivity contribution in [3.05, 3.63) is 65.5 Å². The summed E-state index contributed by atoms with van der Waals surface area (Å²) in [5.74, 6) is -3.07. The molecule has 0 saturated heterocycles. The number of benzene rings is 2. The fraction of sp³-hybridized carbons (Fsp3) is 0.111. The van der Waals surface area contributed by atoms with Crippen LogP contribution in [0.1, 0.15) is 15.9 Å². The highest BCUT2D eigenvalue weighted by Gasteiger charge is 2.13. The van der Waals surface area contributed by atoms with E-state index in [1.165, 1.54) is 30.3 Å². The van der Waals surface area contributed by atoms with Crippen molar-refractivity contribution in [1.82, 2.24) is 10.9 Å². The van der Waals surface area contributed by atoms with Crippen LogP contribution in [0.2, 0.25) is 0 Å². The summed E-state index contributed by atoms with van der Waals surface area (Å²) < 4.78 is 23.2. The van der Waals surface area contributed by atoms with Crippen molar-refractivity contribution in [2.45, 2.75) is 0 Å². The topological polar surface area (TPSA) is 118 Å². The smallest absolute Gasteiger partial charge is 0.344 e. The lowest BCUT2D eigenvalue weighted by atomic mass is 10.2. The predicted octanol–water partition coefficient (Wildman–Crippen LogP) is 1.08. The maximum Gasteiger partial charge on any atom is 0.344 e. The predicted molar refractivity (Wildman–Crippen MR) is 89.6 cm³/mol. The lowest BCUT2D eigenvalue weighted by molar-refractivity contribution is -0.150. The molecule has 8 nitrogen and oxygen atoms in total.